The van der Waals surface area contributed by atoms with Crippen molar-refractivity contribution >= 4 is 11.7 Å². The number of amides is 1. The number of nitrogens with zero attached hydrogens (tertiary/aromatic N) is 1. The fourth-order valence-electron chi connectivity index (χ4n) is 11.1. The molecule has 2 heterocycles. The Kier molecular flexibility index (Phi) is 8.19. The fourth-order valence-corrected chi connectivity index (χ4v) is 11.1. The maximum atomic E-state index is 12.7. The number of carbonyl (C=O) groups excluding carboxylic acids is 2. The average Bonchev–Trinajstić information content (AvgIpc) is 3.47. The van der Waals surface area contributed by atoms with Crippen molar-refractivity contribution in [2.45, 2.75) is 116 Å². The molecule has 238 valence electrons. The van der Waals surface area contributed by atoms with E-state index in [0.717, 1.165) is 64.0 Å². The molecule has 1 spiro atoms. The van der Waals surface area contributed by atoms with Gasteiger partial charge in [-0.05, 0) is 105 Å². The lowest BCUT2D eigenvalue weighted by atomic mass is 9.56. The van der Waals surface area contributed by atoms with E-state index in [4.69, 9.17) is 4.74 Å². The van der Waals surface area contributed by atoms with Crippen LogP contribution in [0.15, 0.2) is 53.1 Å². The van der Waals surface area contributed by atoms with Gasteiger partial charge in [-0.1, -0.05) is 67.8 Å². The van der Waals surface area contributed by atoms with Crippen molar-refractivity contribution in [2.24, 2.45) is 35.0 Å². The Morgan fingerprint density at radius 3 is 2.75 bits per heavy atom. The van der Waals surface area contributed by atoms with E-state index in [1.54, 1.807) is 11.1 Å². The number of piperidine rings is 1. The van der Waals surface area contributed by atoms with Crippen LogP contribution in [0, 0.1) is 35.0 Å². The zero-order chi connectivity index (χ0) is 30.6. The highest BCUT2D eigenvalue weighted by Gasteiger charge is 2.59. The van der Waals surface area contributed by atoms with Gasteiger partial charge in [-0.3, -0.25) is 14.5 Å². The van der Waals surface area contributed by atoms with Crippen molar-refractivity contribution in [3.05, 3.63) is 58.7 Å². The number of aryl methyl sites for hydroxylation is 1. The standard InChI is InChI=1S/C39H54N2O3/c1-25-20-35-37(41(24-25)19-18-40-36(43)13-10-28-8-6-5-7-9-28)27(3)39(44-35)17-15-31-32-12-11-29-21-30(42)14-16-38(29,4)34(32)22-33(31)26(2)23-39/h5-9,21,25,27,31-32,34-35,37H,10-20,22-24H2,1-4H3,(H,40,43)/t25-,27+,31-,32-,34-,35+,37?,38-,39-/m0/s1. The van der Waals surface area contributed by atoms with Crippen molar-refractivity contribution in [3.8, 4) is 0 Å². The summed E-state index contributed by atoms with van der Waals surface area (Å²) >= 11 is 0. The monoisotopic (exact) mass is 598 g/mol. The predicted molar refractivity (Wildman–Crippen MR) is 175 cm³/mol. The maximum Gasteiger partial charge on any atom is 0.220 e. The third-order valence-electron chi connectivity index (χ3n) is 13.4. The number of hydrogen-bond donors (Lipinski definition) is 1. The Balaban J connectivity index is 1.02. The Morgan fingerprint density at radius 1 is 1.11 bits per heavy atom. The van der Waals surface area contributed by atoms with Crippen molar-refractivity contribution in [1.82, 2.24) is 10.2 Å². The van der Waals surface area contributed by atoms with Crippen molar-refractivity contribution in [3.63, 3.8) is 0 Å². The second-order valence-electron chi connectivity index (χ2n) is 15.9. The highest BCUT2D eigenvalue weighted by Crippen LogP contribution is 2.64. The summed E-state index contributed by atoms with van der Waals surface area (Å²) in [4.78, 5) is 27.6. The summed E-state index contributed by atoms with van der Waals surface area (Å²) in [5.74, 6) is 3.72. The number of hydrogen-bond acceptors (Lipinski definition) is 4. The number of fused-ring (bicyclic) bond motifs is 6. The van der Waals surface area contributed by atoms with Crippen LogP contribution in [0.5, 0.6) is 0 Å². The van der Waals surface area contributed by atoms with Crippen LogP contribution < -0.4 is 5.32 Å². The topological polar surface area (TPSA) is 58.6 Å². The zero-order valence-electron chi connectivity index (χ0n) is 27.6. The Labute approximate surface area is 265 Å². The van der Waals surface area contributed by atoms with Crippen LogP contribution in [0.1, 0.15) is 97.5 Å². The predicted octanol–water partition coefficient (Wildman–Crippen LogP) is 7.06. The lowest BCUT2D eigenvalue weighted by molar-refractivity contribution is -0.121. The molecule has 1 unspecified atom stereocenters. The van der Waals surface area contributed by atoms with Crippen LogP contribution in [0.4, 0.5) is 0 Å². The van der Waals surface area contributed by atoms with Gasteiger partial charge in [0.2, 0.25) is 5.91 Å². The molecule has 1 aromatic rings. The summed E-state index contributed by atoms with van der Waals surface area (Å²) < 4.78 is 7.28. The molecule has 2 saturated carbocycles. The van der Waals surface area contributed by atoms with E-state index in [0.29, 0.717) is 48.5 Å². The molecule has 1 amide bonds. The molecule has 0 bridgehead atoms. The summed E-state index contributed by atoms with van der Waals surface area (Å²) in [6.45, 7) is 12.5. The van der Waals surface area contributed by atoms with Gasteiger partial charge in [-0.15, -0.1) is 0 Å². The average molecular weight is 599 g/mol. The summed E-state index contributed by atoms with van der Waals surface area (Å²) in [5.41, 5.74) is 6.18. The maximum absolute atomic E-state index is 12.7. The van der Waals surface area contributed by atoms with Crippen LogP contribution in [-0.4, -0.2) is 54.0 Å². The number of ketones is 1. The number of benzene rings is 1. The number of ether oxygens (including phenoxy) is 1. The minimum absolute atomic E-state index is 0.0750. The second-order valence-corrected chi connectivity index (χ2v) is 15.9. The van der Waals surface area contributed by atoms with Gasteiger partial charge in [0.1, 0.15) is 0 Å². The largest absolute Gasteiger partial charge is 0.369 e. The molecule has 2 aliphatic heterocycles. The molecule has 1 aromatic carbocycles. The molecule has 2 saturated heterocycles. The number of nitrogens with one attached hydrogen (secondary N) is 1. The van der Waals surface area contributed by atoms with E-state index >= 15 is 0 Å². The summed E-state index contributed by atoms with van der Waals surface area (Å²) in [5, 5.41) is 3.22. The smallest absolute Gasteiger partial charge is 0.220 e. The van der Waals surface area contributed by atoms with Crippen LogP contribution in [0.3, 0.4) is 0 Å². The molecular formula is C39H54N2O3. The molecule has 9 atom stereocenters. The van der Waals surface area contributed by atoms with Crippen LogP contribution >= 0.6 is 0 Å². The quantitative estimate of drug-likeness (QED) is 0.356. The van der Waals surface area contributed by atoms with Gasteiger partial charge in [0.05, 0.1) is 11.7 Å². The Hall–Kier alpha value is -2.24. The van der Waals surface area contributed by atoms with Gasteiger partial charge in [-0.25, -0.2) is 0 Å². The van der Waals surface area contributed by atoms with Crippen LogP contribution in [0.2, 0.25) is 0 Å². The molecular weight excluding hydrogens is 544 g/mol. The first-order chi connectivity index (χ1) is 21.2. The first-order valence-corrected chi connectivity index (χ1v) is 17.8. The molecule has 0 aromatic heterocycles. The van der Waals surface area contributed by atoms with Crippen LogP contribution in [-0.2, 0) is 20.7 Å². The van der Waals surface area contributed by atoms with E-state index in [1.807, 2.05) is 24.3 Å². The lowest BCUT2D eigenvalue weighted by Gasteiger charge is -2.48. The van der Waals surface area contributed by atoms with Gasteiger partial charge >= 0.3 is 0 Å². The molecule has 7 rings (SSSR count). The highest BCUT2D eigenvalue weighted by atomic mass is 16.5. The molecule has 4 fully saturated rings. The van der Waals surface area contributed by atoms with Crippen molar-refractivity contribution in [1.29, 1.82) is 0 Å². The number of rotatable bonds is 6. The first kappa shape index (κ1) is 30.4. The zero-order valence-corrected chi connectivity index (χ0v) is 27.6. The fraction of sp³-hybridized carbons (Fsp3) is 0.692. The third kappa shape index (κ3) is 5.34. The molecule has 44 heavy (non-hydrogen) atoms. The van der Waals surface area contributed by atoms with Gasteiger partial charge < -0.3 is 10.1 Å². The molecule has 0 radical (unpaired) electrons. The van der Waals surface area contributed by atoms with Gasteiger partial charge in [0.25, 0.3) is 0 Å². The molecule has 5 nitrogen and oxygen atoms in total. The van der Waals surface area contributed by atoms with Crippen molar-refractivity contribution in [2.75, 3.05) is 19.6 Å². The lowest BCUT2D eigenvalue weighted by Crippen LogP contribution is -2.53. The van der Waals surface area contributed by atoms with Gasteiger partial charge in [-0.2, -0.15) is 0 Å². The highest BCUT2D eigenvalue weighted by molar-refractivity contribution is 5.91. The van der Waals surface area contributed by atoms with E-state index in [9.17, 15) is 9.59 Å². The van der Waals surface area contributed by atoms with Gasteiger partial charge in [0, 0.05) is 44.4 Å². The third-order valence-corrected chi connectivity index (χ3v) is 13.4. The van der Waals surface area contributed by atoms with Crippen molar-refractivity contribution < 1.29 is 14.3 Å². The molecule has 4 aliphatic carbocycles. The Morgan fingerprint density at radius 2 is 1.93 bits per heavy atom. The minimum Gasteiger partial charge on any atom is -0.369 e. The summed E-state index contributed by atoms with van der Waals surface area (Å²) in [6, 6.07) is 10.7. The number of carbonyl (C=O) groups is 2. The van der Waals surface area contributed by atoms with E-state index in [1.165, 1.54) is 30.4 Å². The van der Waals surface area contributed by atoms with E-state index < -0.39 is 0 Å². The molecule has 1 N–H and O–H groups in total. The molecule has 6 aliphatic rings. The second kappa shape index (κ2) is 11.8. The Bertz CT molecular complexity index is 1330. The van der Waals surface area contributed by atoms with E-state index in [-0.39, 0.29) is 23.0 Å². The summed E-state index contributed by atoms with van der Waals surface area (Å²) in [7, 11) is 0. The number of likely N-dealkylation sites (tertiary alicyclic amines) is 1. The minimum atomic E-state index is -0.0750. The first-order valence-electron chi connectivity index (χ1n) is 17.8. The normalized spacial score (nSPS) is 40.1. The number of allylic oxidation sites excluding steroid dienone is 3. The van der Waals surface area contributed by atoms with Gasteiger partial charge in [0.15, 0.2) is 5.78 Å². The van der Waals surface area contributed by atoms with E-state index in [2.05, 4.69) is 50.0 Å². The molecule has 5 heteroatoms. The van der Waals surface area contributed by atoms with Crippen LogP contribution in [0.25, 0.3) is 0 Å². The SMILES string of the molecule is CC1=C2C[C@H]3[C@@H](CCC4=CC(=O)CC[C@@]43C)[C@@H]2CC[C@@]2(C1)O[C@@H]1C[C@H](C)CN(CCNC(=O)CCc3ccccc3)C1[C@H]2C. The summed E-state index contributed by atoms with van der Waals surface area (Å²) in [6.07, 6.45) is 13.6.